The number of hydrogen-bond donors (Lipinski definition) is 0. The standard InChI is InChI=1S/C15H14F3N3O2/c1-3-23-14(22)7-4-11-9-21(20-10(11)2)13-6-5-12(8-19-13)15(16,17)18/h4-9H,3H2,1-2H3/b7-4+. The second kappa shape index (κ2) is 6.64. The van der Waals surface area contributed by atoms with Crippen LogP contribution in [0.15, 0.2) is 30.6 Å². The highest BCUT2D eigenvalue weighted by Gasteiger charge is 2.30. The van der Waals surface area contributed by atoms with E-state index < -0.39 is 17.7 Å². The minimum absolute atomic E-state index is 0.247. The molecule has 0 atom stereocenters. The van der Waals surface area contributed by atoms with Crippen LogP contribution in [0.5, 0.6) is 0 Å². The molecule has 0 radical (unpaired) electrons. The molecular weight excluding hydrogens is 311 g/mol. The molecule has 0 bridgehead atoms. The quantitative estimate of drug-likeness (QED) is 0.640. The van der Waals surface area contributed by atoms with Gasteiger partial charge in [0, 0.05) is 24.0 Å². The summed E-state index contributed by atoms with van der Waals surface area (Å²) in [5, 5.41) is 4.17. The Morgan fingerprint density at radius 2 is 2.13 bits per heavy atom. The van der Waals surface area contributed by atoms with Crippen LogP contribution in [-0.2, 0) is 15.7 Å². The number of hydrogen-bond acceptors (Lipinski definition) is 4. The first-order chi connectivity index (χ1) is 10.8. The molecule has 122 valence electrons. The van der Waals surface area contributed by atoms with Crippen LogP contribution in [0, 0.1) is 6.92 Å². The van der Waals surface area contributed by atoms with Gasteiger partial charge in [0.15, 0.2) is 5.82 Å². The Morgan fingerprint density at radius 1 is 1.39 bits per heavy atom. The number of ether oxygens (including phenoxy) is 1. The SMILES string of the molecule is CCOC(=O)/C=C/c1cn(-c2ccc(C(F)(F)F)cn2)nc1C. The van der Waals surface area contributed by atoms with Crippen molar-refractivity contribution in [3.63, 3.8) is 0 Å². The van der Waals surface area contributed by atoms with Crippen molar-refractivity contribution in [3.05, 3.63) is 47.4 Å². The molecule has 0 fully saturated rings. The van der Waals surface area contributed by atoms with E-state index in [1.54, 1.807) is 20.0 Å². The predicted molar refractivity (Wildman–Crippen MR) is 76.8 cm³/mol. The number of halogens is 3. The first-order valence-electron chi connectivity index (χ1n) is 6.76. The van der Waals surface area contributed by atoms with Crippen LogP contribution in [0.4, 0.5) is 13.2 Å². The van der Waals surface area contributed by atoms with Gasteiger partial charge in [-0.1, -0.05) is 0 Å². The Labute approximate surface area is 130 Å². The van der Waals surface area contributed by atoms with E-state index in [4.69, 9.17) is 4.74 Å². The molecule has 0 N–H and O–H groups in total. The molecular formula is C15H14F3N3O2. The molecule has 0 aliphatic rings. The molecule has 5 nitrogen and oxygen atoms in total. The van der Waals surface area contributed by atoms with Gasteiger partial charge in [0.05, 0.1) is 17.9 Å². The lowest BCUT2D eigenvalue weighted by Gasteiger charge is -2.06. The molecule has 0 amide bonds. The molecule has 23 heavy (non-hydrogen) atoms. The maximum Gasteiger partial charge on any atom is 0.417 e. The van der Waals surface area contributed by atoms with Crippen molar-refractivity contribution in [2.75, 3.05) is 6.61 Å². The summed E-state index contributed by atoms with van der Waals surface area (Å²) in [6, 6.07) is 2.17. The first kappa shape index (κ1) is 16.7. The Morgan fingerprint density at radius 3 is 2.70 bits per heavy atom. The predicted octanol–water partition coefficient (Wildman–Crippen LogP) is 3.17. The zero-order valence-electron chi connectivity index (χ0n) is 12.5. The van der Waals surface area contributed by atoms with Crippen LogP contribution in [0.2, 0.25) is 0 Å². The fourth-order valence-corrected chi connectivity index (χ4v) is 1.79. The molecule has 2 heterocycles. The van der Waals surface area contributed by atoms with Gasteiger partial charge < -0.3 is 4.74 Å². The van der Waals surface area contributed by atoms with Crippen LogP contribution >= 0.6 is 0 Å². The van der Waals surface area contributed by atoms with Crippen LogP contribution < -0.4 is 0 Å². The van der Waals surface area contributed by atoms with Crippen LogP contribution in [0.25, 0.3) is 11.9 Å². The molecule has 0 saturated carbocycles. The van der Waals surface area contributed by atoms with Crippen molar-refractivity contribution < 1.29 is 22.7 Å². The third kappa shape index (κ3) is 4.18. The lowest BCUT2D eigenvalue weighted by Crippen LogP contribution is -2.07. The number of aryl methyl sites for hydroxylation is 1. The van der Waals surface area contributed by atoms with Crippen molar-refractivity contribution in [2.45, 2.75) is 20.0 Å². The van der Waals surface area contributed by atoms with E-state index in [0.717, 1.165) is 12.3 Å². The Hall–Kier alpha value is -2.64. The molecule has 2 aromatic rings. The van der Waals surface area contributed by atoms with Crippen molar-refractivity contribution in [1.29, 1.82) is 0 Å². The number of carbonyl (C=O) groups is 1. The van der Waals surface area contributed by atoms with Gasteiger partial charge in [-0.15, -0.1) is 0 Å². The van der Waals surface area contributed by atoms with Crippen LogP contribution in [0.3, 0.4) is 0 Å². The van der Waals surface area contributed by atoms with E-state index in [1.165, 1.54) is 22.9 Å². The first-order valence-corrected chi connectivity index (χ1v) is 6.76. The Bertz CT molecular complexity index is 719. The Balaban J connectivity index is 2.22. The number of pyridine rings is 1. The van der Waals surface area contributed by atoms with Crippen LogP contribution in [-0.4, -0.2) is 27.3 Å². The highest BCUT2D eigenvalue weighted by atomic mass is 19.4. The molecule has 8 heteroatoms. The number of aromatic nitrogens is 3. The van der Waals surface area contributed by atoms with Crippen molar-refractivity contribution in [1.82, 2.24) is 14.8 Å². The largest absolute Gasteiger partial charge is 0.463 e. The van der Waals surface area contributed by atoms with Crippen molar-refractivity contribution >= 4 is 12.0 Å². The third-order valence-electron chi connectivity index (χ3n) is 2.93. The lowest BCUT2D eigenvalue weighted by atomic mass is 10.2. The summed E-state index contributed by atoms with van der Waals surface area (Å²) >= 11 is 0. The van der Waals surface area contributed by atoms with Crippen molar-refractivity contribution in [3.8, 4) is 5.82 Å². The normalized spacial score (nSPS) is 11.9. The van der Waals surface area contributed by atoms with E-state index in [0.29, 0.717) is 11.3 Å². The number of rotatable bonds is 4. The van der Waals surface area contributed by atoms with E-state index in [9.17, 15) is 18.0 Å². The van der Waals surface area contributed by atoms with Gasteiger partial charge in [-0.25, -0.2) is 14.5 Å². The second-order valence-electron chi connectivity index (χ2n) is 4.60. The van der Waals surface area contributed by atoms with Gasteiger partial charge in [0.2, 0.25) is 0 Å². The molecule has 0 aliphatic carbocycles. The van der Waals surface area contributed by atoms with E-state index in [-0.39, 0.29) is 12.4 Å². The topological polar surface area (TPSA) is 57.0 Å². The number of esters is 1. The monoisotopic (exact) mass is 325 g/mol. The molecule has 0 aromatic carbocycles. The minimum atomic E-state index is -4.43. The van der Waals surface area contributed by atoms with Gasteiger partial charge in [-0.3, -0.25) is 0 Å². The molecule has 0 aliphatic heterocycles. The summed E-state index contributed by atoms with van der Waals surface area (Å²) in [5.41, 5.74) is 0.416. The minimum Gasteiger partial charge on any atom is -0.463 e. The summed E-state index contributed by atoms with van der Waals surface area (Å²) in [6.07, 6.45) is 0.680. The highest BCUT2D eigenvalue weighted by Crippen LogP contribution is 2.28. The summed E-state index contributed by atoms with van der Waals surface area (Å²) in [5.74, 6) is -0.232. The molecule has 0 saturated heterocycles. The fourth-order valence-electron chi connectivity index (χ4n) is 1.79. The second-order valence-corrected chi connectivity index (χ2v) is 4.60. The van der Waals surface area contributed by atoms with Crippen molar-refractivity contribution in [2.24, 2.45) is 0 Å². The molecule has 2 rings (SSSR count). The summed E-state index contributed by atoms with van der Waals surface area (Å²) in [6.45, 7) is 3.69. The van der Waals surface area contributed by atoms with Crippen LogP contribution in [0.1, 0.15) is 23.7 Å². The van der Waals surface area contributed by atoms with Gasteiger partial charge in [0.25, 0.3) is 0 Å². The summed E-state index contributed by atoms with van der Waals surface area (Å²) in [7, 11) is 0. The maximum absolute atomic E-state index is 12.5. The summed E-state index contributed by atoms with van der Waals surface area (Å²) in [4.78, 5) is 15.0. The van der Waals surface area contributed by atoms with E-state index in [1.807, 2.05) is 0 Å². The lowest BCUT2D eigenvalue weighted by molar-refractivity contribution is -0.138. The smallest absolute Gasteiger partial charge is 0.417 e. The maximum atomic E-state index is 12.5. The molecule has 2 aromatic heterocycles. The average Bonchev–Trinajstić information content (AvgIpc) is 2.86. The van der Waals surface area contributed by atoms with Gasteiger partial charge >= 0.3 is 12.1 Å². The number of alkyl halides is 3. The number of carbonyl (C=O) groups excluding carboxylic acids is 1. The summed E-state index contributed by atoms with van der Waals surface area (Å²) < 4.78 is 43.7. The average molecular weight is 325 g/mol. The zero-order chi connectivity index (χ0) is 17.0. The van der Waals surface area contributed by atoms with E-state index >= 15 is 0 Å². The van der Waals surface area contributed by atoms with E-state index in [2.05, 4.69) is 10.1 Å². The Kier molecular flexibility index (Phi) is 4.83. The molecule has 0 spiro atoms. The fraction of sp³-hybridized carbons (Fsp3) is 0.267. The highest BCUT2D eigenvalue weighted by molar-refractivity contribution is 5.87. The van der Waals surface area contributed by atoms with Gasteiger partial charge in [-0.2, -0.15) is 18.3 Å². The molecule has 0 unspecified atom stereocenters. The van der Waals surface area contributed by atoms with Gasteiger partial charge in [0.1, 0.15) is 0 Å². The van der Waals surface area contributed by atoms with Gasteiger partial charge in [-0.05, 0) is 32.1 Å². The number of nitrogens with zero attached hydrogens (tertiary/aromatic N) is 3. The zero-order valence-corrected chi connectivity index (χ0v) is 12.5. The third-order valence-corrected chi connectivity index (χ3v) is 2.93.